The van der Waals surface area contributed by atoms with Crippen LogP contribution in [0.3, 0.4) is 0 Å². The Labute approximate surface area is 145 Å². The number of urea groups is 1. The van der Waals surface area contributed by atoms with Crippen LogP contribution in [0.15, 0.2) is 18.2 Å². The Bertz CT molecular complexity index is 641. The second kappa shape index (κ2) is 7.80. The van der Waals surface area contributed by atoms with Gasteiger partial charge in [0.15, 0.2) is 0 Å². The lowest BCUT2D eigenvalue weighted by molar-refractivity contribution is -0.122. The lowest BCUT2D eigenvalue weighted by Crippen LogP contribution is -2.41. The van der Waals surface area contributed by atoms with Crippen molar-refractivity contribution in [1.29, 1.82) is 0 Å². The molecule has 3 rings (SSSR count). The second-order valence-corrected chi connectivity index (χ2v) is 6.84. The highest BCUT2D eigenvalue weighted by atomic mass is 19.1. The Morgan fingerprint density at radius 2 is 1.84 bits per heavy atom. The van der Waals surface area contributed by atoms with Crippen molar-refractivity contribution in [2.45, 2.75) is 32.1 Å². The zero-order chi connectivity index (χ0) is 17.8. The number of nitrogens with one attached hydrogen (secondary N) is 2. The van der Waals surface area contributed by atoms with E-state index >= 15 is 0 Å². The summed E-state index contributed by atoms with van der Waals surface area (Å²) in [5.41, 5.74) is -0.144. The van der Waals surface area contributed by atoms with Gasteiger partial charge < -0.3 is 15.5 Å². The van der Waals surface area contributed by atoms with E-state index in [1.165, 1.54) is 0 Å². The van der Waals surface area contributed by atoms with Crippen LogP contribution < -0.4 is 10.6 Å². The van der Waals surface area contributed by atoms with Gasteiger partial charge in [-0.15, -0.1) is 0 Å². The molecular formula is C18H23F2N3O2. The largest absolute Gasteiger partial charge is 0.356 e. The zero-order valence-corrected chi connectivity index (χ0v) is 14.1. The van der Waals surface area contributed by atoms with E-state index < -0.39 is 17.7 Å². The molecule has 0 bridgehead atoms. The molecule has 1 heterocycles. The van der Waals surface area contributed by atoms with Gasteiger partial charge in [0.2, 0.25) is 5.91 Å². The number of nitrogens with zero attached hydrogens (tertiary/aromatic N) is 1. The molecule has 0 unspecified atom stereocenters. The smallest absolute Gasteiger partial charge is 0.321 e. The Morgan fingerprint density at radius 1 is 1.12 bits per heavy atom. The van der Waals surface area contributed by atoms with Crippen LogP contribution in [-0.2, 0) is 4.79 Å². The highest BCUT2D eigenvalue weighted by Crippen LogP contribution is 2.29. The first-order valence-corrected chi connectivity index (χ1v) is 8.81. The molecular weight excluding hydrogens is 328 g/mol. The van der Waals surface area contributed by atoms with Gasteiger partial charge in [0, 0.05) is 31.6 Å². The molecule has 7 heteroatoms. The minimum Gasteiger partial charge on any atom is -0.356 e. The molecule has 25 heavy (non-hydrogen) atoms. The standard InChI is InChI=1S/C18H23F2N3O2/c19-14-3-4-15(20)16(11-14)22-18(25)23-9-6-12(7-10-23)5-8-21-17(24)13-1-2-13/h3-4,11-13H,1-2,5-10H2,(H,21,24)(H,22,25). The van der Waals surface area contributed by atoms with Crippen LogP contribution >= 0.6 is 0 Å². The van der Waals surface area contributed by atoms with Crippen LogP contribution in [0.2, 0.25) is 0 Å². The monoisotopic (exact) mass is 351 g/mol. The number of rotatable bonds is 5. The maximum atomic E-state index is 13.6. The third-order valence-electron chi connectivity index (χ3n) is 4.87. The topological polar surface area (TPSA) is 61.4 Å². The molecule has 136 valence electrons. The van der Waals surface area contributed by atoms with Crippen LogP contribution in [0.25, 0.3) is 0 Å². The second-order valence-electron chi connectivity index (χ2n) is 6.84. The molecule has 0 atom stereocenters. The van der Waals surface area contributed by atoms with Crippen LogP contribution in [0.1, 0.15) is 32.1 Å². The van der Waals surface area contributed by atoms with Gasteiger partial charge in [-0.1, -0.05) is 0 Å². The molecule has 1 aromatic carbocycles. The number of hydrogen-bond donors (Lipinski definition) is 2. The number of halogens is 2. The number of piperidine rings is 1. The molecule has 2 N–H and O–H groups in total. The molecule has 5 nitrogen and oxygen atoms in total. The number of amides is 3. The number of likely N-dealkylation sites (tertiary alicyclic amines) is 1. The fourth-order valence-electron chi connectivity index (χ4n) is 3.10. The summed E-state index contributed by atoms with van der Waals surface area (Å²) in [6, 6.07) is 2.57. The normalized spacial score (nSPS) is 18.1. The first kappa shape index (κ1) is 17.6. The van der Waals surface area contributed by atoms with E-state index in [-0.39, 0.29) is 17.5 Å². The molecule has 0 radical (unpaired) electrons. The van der Waals surface area contributed by atoms with Crippen molar-refractivity contribution >= 4 is 17.6 Å². The molecule has 1 aromatic rings. The first-order chi connectivity index (χ1) is 12.0. The number of carbonyl (C=O) groups excluding carboxylic acids is 2. The van der Waals surface area contributed by atoms with Gasteiger partial charge in [0.1, 0.15) is 11.6 Å². The van der Waals surface area contributed by atoms with E-state index in [1.54, 1.807) is 4.90 Å². The van der Waals surface area contributed by atoms with E-state index in [2.05, 4.69) is 10.6 Å². The minimum atomic E-state index is -0.656. The van der Waals surface area contributed by atoms with Crippen molar-refractivity contribution in [3.05, 3.63) is 29.8 Å². The molecule has 1 saturated carbocycles. The van der Waals surface area contributed by atoms with Crippen molar-refractivity contribution < 1.29 is 18.4 Å². The average molecular weight is 351 g/mol. The first-order valence-electron chi connectivity index (χ1n) is 8.81. The third kappa shape index (κ3) is 4.90. The average Bonchev–Trinajstić information content (AvgIpc) is 3.44. The van der Waals surface area contributed by atoms with Gasteiger partial charge in [-0.05, 0) is 50.2 Å². The SMILES string of the molecule is O=C(NCCC1CCN(C(=O)Nc2cc(F)ccc2F)CC1)C1CC1. The summed E-state index contributed by atoms with van der Waals surface area (Å²) in [5.74, 6) is -0.392. The number of hydrogen-bond acceptors (Lipinski definition) is 2. The molecule has 2 aliphatic rings. The Balaban J connectivity index is 1.39. The maximum absolute atomic E-state index is 13.6. The molecule has 1 aliphatic carbocycles. The van der Waals surface area contributed by atoms with E-state index in [4.69, 9.17) is 0 Å². The summed E-state index contributed by atoms with van der Waals surface area (Å²) in [6.45, 7) is 1.83. The summed E-state index contributed by atoms with van der Waals surface area (Å²) < 4.78 is 26.7. The van der Waals surface area contributed by atoms with Gasteiger partial charge in [0.05, 0.1) is 5.69 Å². The summed E-state index contributed by atoms with van der Waals surface area (Å²) in [7, 11) is 0. The molecule has 0 aromatic heterocycles. The molecule has 2 fully saturated rings. The quantitative estimate of drug-likeness (QED) is 0.856. The molecule has 3 amide bonds. The van der Waals surface area contributed by atoms with Crippen molar-refractivity contribution in [3.63, 3.8) is 0 Å². The Morgan fingerprint density at radius 3 is 2.52 bits per heavy atom. The van der Waals surface area contributed by atoms with Crippen molar-refractivity contribution in [3.8, 4) is 0 Å². The highest BCUT2D eigenvalue weighted by molar-refractivity contribution is 5.89. The zero-order valence-electron chi connectivity index (χ0n) is 14.1. The molecule has 0 spiro atoms. The Hall–Kier alpha value is -2.18. The van der Waals surface area contributed by atoms with Crippen molar-refractivity contribution in [2.24, 2.45) is 11.8 Å². The summed E-state index contributed by atoms with van der Waals surface area (Å²) in [6.07, 6.45) is 4.61. The predicted octanol–water partition coefficient (Wildman–Crippen LogP) is 3.13. The van der Waals surface area contributed by atoms with Crippen LogP contribution in [0.4, 0.5) is 19.3 Å². The molecule has 1 saturated heterocycles. The third-order valence-corrected chi connectivity index (χ3v) is 4.87. The number of benzene rings is 1. The summed E-state index contributed by atoms with van der Waals surface area (Å²) in [5, 5.41) is 5.39. The van der Waals surface area contributed by atoms with Gasteiger partial charge in [-0.3, -0.25) is 4.79 Å². The van der Waals surface area contributed by atoms with E-state index in [0.29, 0.717) is 25.6 Å². The fraction of sp³-hybridized carbons (Fsp3) is 0.556. The van der Waals surface area contributed by atoms with Crippen molar-refractivity contribution in [2.75, 3.05) is 25.0 Å². The lowest BCUT2D eigenvalue weighted by Gasteiger charge is -2.32. The lowest BCUT2D eigenvalue weighted by atomic mass is 9.93. The predicted molar refractivity (Wildman–Crippen MR) is 90.0 cm³/mol. The highest BCUT2D eigenvalue weighted by Gasteiger charge is 2.29. The van der Waals surface area contributed by atoms with Gasteiger partial charge in [-0.2, -0.15) is 0 Å². The van der Waals surface area contributed by atoms with Crippen LogP contribution in [0.5, 0.6) is 0 Å². The van der Waals surface area contributed by atoms with Gasteiger partial charge in [0.25, 0.3) is 0 Å². The minimum absolute atomic E-state index is 0.144. The van der Waals surface area contributed by atoms with E-state index in [9.17, 15) is 18.4 Å². The van der Waals surface area contributed by atoms with Crippen molar-refractivity contribution in [1.82, 2.24) is 10.2 Å². The van der Waals surface area contributed by atoms with Gasteiger partial charge >= 0.3 is 6.03 Å². The molecule has 1 aliphatic heterocycles. The van der Waals surface area contributed by atoms with E-state index in [1.807, 2.05) is 0 Å². The van der Waals surface area contributed by atoms with Crippen LogP contribution in [0, 0.1) is 23.5 Å². The summed E-state index contributed by atoms with van der Waals surface area (Å²) in [4.78, 5) is 25.4. The van der Waals surface area contributed by atoms with E-state index in [0.717, 1.165) is 50.3 Å². The maximum Gasteiger partial charge on any atom is 0.321 e. The van der Waals surface area contributed by atoms with Gasteiger partial charge in [-0.25, -0.2) is 13.6 Å². The Kier molecular flexibility index (Phi) is 5.50. The number of carbonyl (C=O) groups is 2. The van der Waals surface area contributed by atoms with Crippen LogP contribution in [-0.4, -0.2) is 36.5 Å². The fourth-order valence-corrected chi connectivity index (χ4v) is 3.10. The number of anilines is 1. The summed E-state index contributed by atoms with van der Waals surface area (Å²) >= 11 is 0.